The van der Waals surface area contributed by atoms with Crippen LogP contribution in [0.2, 0.25) is 0 Å². The predicted octanol–water partition coefficient (Wildman–Crippen LogP) is 0.131. The number of carbonyl (C=O) groups excluding carboxylic acids is 1. The Morgan fingerprint density at radius 2 is 1.88 bits per heavy atom. The van der Waals surface area contributed by atoms with Gasteiger partial charge in [-0.3, -0.25) is 9.79 Å². The van der Waals surface area contributed by atoms with Gasteiger partial charge < -0.3 is 21.9 Å². The molecule has 0 aliphatic rings. The third-order valence-corrected chi connectivity index (χ3v) is 1.68. The van der Waals surface area contributed by atoms with Crippen molar-refractivity contribution in [3.8, 4) is 0 Å². The van der Waals surface area contributed by atoms with Gasteiger partial charge in [0.05, 0.1) is 0 Å². The van der Waals surface area contributed by atoms with E-state index in [4.69, 9.17) is 21.9 Å². The SMILES string of the molecule is CC(C)(C)OC(=O)[C@@H](N)CCCN=C(N)N.Cl. The minimum Gasteiger partial charge on any atom is -0.459 e. The maximum atomic E-state index is 11.5. The summed E-state index contributed by atoms with van der Waals surface area (Å²) in [7, 11) is 0. The van der Waals surface area contributed by atoms with E-state index in [-0.39, 0.29) is 18.4 Å². The second kappa shape index (κ2) is 8.14. The van der Waals surface area contributed by atoms with Gasteiger partial charge in [0, 0.05) is 6.54 Å². The van der Waals surface area contributed by atoms with Gasteiger partial charge in [0.2, 0.25) is 0 Å². The third-order valence-electron chi connectivity index (χ3n) is 1.68. The van der Waals surface area contributed by atoms with Crippen LogP contribution < -0.4 is 17.2 Å². The zero-order valence-corrected chi connectivity index (χ0v) is 11.4. The lowest BCUT2D eigenvalue weighted by Crippen LogP contribution is -2.37. The highest BCUT2D eigenvalue weighted by Crippen LogP contribution is 2.09. The lowest BCUT2D eigenvalue weighted by Gasteiger charge is -2.22. The Balaban J connectivity index is 0. The molecule has 0 aromatic heterocycles. The highest BCUT2D eigenvalue weighted by Gasteiger charge is 2.21. The van der Waals surface area contributed by atoms with Gasteiger partial charge >= 0.3 is 5.97 Å². The summed E-state index contributed by atoms with van der Waals surface area (Å²) in [5.41, 5.74) is 15.5. The van der Waals surface area contributed by atoms with Crippen LogP contribution in [0.5, 0.6) is 0 Å². The first-order chi connectivity index (χ1) is 7.22. The summed E-state index contributed by atoms with van der Waals surface area (Å²) in [5.74, 6) is -0.344. The Hall–Kier alpha value is -1.01. The second-order valence-corrected chi connectivity index (χ2v) is 4.59. The largest absolute Gasteiger partial charge is 0.459 e. The van der Waals surface area contributed by atoms with Gasteiger partial charge in [0.15, 0.2) is 5.96 Å². The Morgan fingerprint density at radius 1 is 1.35 bits per heavy atom. The van der Waals surface area contributed by atoms with Gasteiger partial charge in [0.1, 0.15) is 11.6 Å². The molecular weight excluding hydrogens is 244 g/mol. The van der Waals surface area contributed by atoms with E-state index in [1.54, 1.807) is 20.8 Å². The van der Waals surface area contributed by atoms with Gasteiger partial charge in [-0.1, -0.05) is 0 Å². The predicted molar refractivity (Wildman–Crippen MR) is 71.0 cm³/mol. The van der Waals surface area contributed by atoms with Crippen LogP contribution in [0, 0.1) is 0 Å². The molecule has 1 atom stereocenters. The maximum absolute atomic E-state index is 11.5. The van der Waals surface area contributed by atoms with E-state index in [1.807, 2.05) is 0 Å². The van der Waals surface area contributed by atoms with E-state index in [2.05, 4.69) is 4.99 Å². The molecule has 0 spiro atoms. The Bertz CT molecular complexity index is 260. The number of hydrogen-bond donors (Lipinski definition) is 3. The van der Waals surface area contributed by atoms with Crippen LogP contribution in [0.1, 0.15) is 33.6 Å². The van der Waals surface area contributed by atoms with E-state index in [0.29, 0.717) is 19.4 Å². The summed E-state index contributed by atoms with van der Waals surface area (Å²) >= 11 is 0. The minimum absolute atomic E-state index is 0. The van der Waals surface area contributed by atoms with Crippen molar-refractivity contribution in [2.45, 2.75) is 45.3 Å². The summed E-state index contributed by atoms with van der Waals surface area (Å²) < 4.78 is 5.13. The molecule has 0 rings (SSSR count). The average Bonchev–Trinajstić information content (AvgIpc) is 2.08. The molecule has 0 saturated heterocycles. The zero-order valence-electron chi connectivity index (χ0n) is 10.6. The normalized spacial score (nSPS) is 12.2. The summed E-state index contributed by atoms with van der Waals surface area (Å²) in [6.07, 6.45) is 1.16. The maximum Gasteiger partial charge on any atom is 0.323 e. The van der Waals surface area contributed by atoms with E-state index >= 15 is 0 Å². The first-order valence-corrected chi connectivity index (χ1v) is 5.26. The molecule has 0 radical (unpaired) electrons. The summed E-state index contributed by atoms with van der Waals surface area (Å²) in [6.45, 7) is 5.88. The van der Waals surface area contributed by atoms with Gasteiger partial charge in [-0.05, 0) is 33.6 Å². The molecule has 0 fully saturated rings. The quantitative estimate of drug-likeness (QED) is 0.283. The molecule has 0 amide bonds. The molecule has 0 aromatic rings. The Kier molecular flexibility index (Phi) is 8.79. The topological polar surface area (TPSA) is 117 Å². The third kappa shape index (κ3) is 11.3. The number of halogens is 1. The average molecular weight is 267 g/mol. The first kappa shape index (κ1) is 18.4. The van der Waals surface area contributed by atoms with Crippen LogP contribution in [-0.2, 0) is 9.53 Å². The molecule has 0 saturated carbocycles. The summed E-state index contributed by atoms with van der Waals surface area (Å²) in [6, 6.07) is -0.617. The van der Waals surface area contributed by atoms with Gasteiger partial charge in [0.25, 0.3) is 0 Å². The van der Waals surface area contributed by atoms with Crippen LogP contribution in [-0.4, -0.2) is 30.1 Å². The Labute approximate surface area is 108 Å². The number of hydrogen-bond acceptors (Lipinski definition) is 4. The molecule has 0 unspecified atom stereocenters. The molecule has 0 aliphatic carbocycles. The van der Waals surface area contributed by atoms with Gasteiger partial charge in [-0.2, -0.15) is 0 Å². The number of ether oxygens (including phenoxy) is 1. The lowest BCUT2D eigenvalue weighted by atomic mass is 10.1. The molecule has 102 valence electrons. The van der Waals surface area contributed by atoms with Crippen LogP contribution in [0.4, 0.5) is 0 Å². The van der Waals surface area contributed by atoms with Crippen molar-refractivity contribution in [3.63, 3.8) is 0 Å². The summed E-state index contributed by atoms with van der Waals surface area (Å²) in [4.78, 5) is 15.2. The number of nitrogens with two attached hydrogens (primary N) is 3. The standard InChI is InChI=1S/C10H22N4O2.ClH/c1-10(2,3)16-8(15)7(11)5-4-6-14-9(12)13;/h7H,4-6,11H2,1-3H3,(H4,12,13,14);1H/t7-;/m0./s1. The molecular formula is C10H23ClN4O2. The van der Waals surface area contributed by atoms with E-state index in [9.17, 15) is 4.79 Å². The molecule has 0 heterocycles. The number of carbonyl (C=O) groups is 1. The zero-order chi connectivity index (χ0) is 12.8. The molecule has 0 aliphatic heterocycles. The molecule has 17 heavy (non-hydrogen) atoms. The molecule has 0 aromatic carbocycles. The minimum atomic E-state index is -0.617. The van der Waals surface area contributed by atoms with E-state index in [1.165, 1.54) is 0 Å². The van der Waals surface area contributed by atoms with Crippen molar-refractivity contribution in [1.29, 1.82) is 0 Å². The first-order valence-electron chi connectivity index (χ1n) is 5.26. The van der Waals surface area contributed by atoms with Crippen molar-refractivity contribution in [2.24, 2.45) is 22.2 Å². The smallest absolute Gasteiger partial charge is 0.323 e. The van der Waals surface area contributed by atoms with Crippen molar-refractivity contribution < 1.29 is 9.53 Å². The van der Waals surface area contributed by atoms with E-state index < -0.39 is 17.6 Å². The van der Waals surface area contributed by atoms with Gasteiger partial charge in [-0.15, -0.1) is 12.4 Å². The van der Waals surface area contributed by atoms with Crippen LogP contribution >= 0.6 is 12.4 Å². The fraction of sp³-hybridized carbons (Fsp3) is 0.800. The highest BCUT2D eigenvalue weighted by molar-refractivity contribution is 5.85. The van der Waals surface area contributed by atoms with Crippen molar-refractivity contribution in [2.75, 3.05) is 6.54 Å². The van der Waals surface area contributed by atoms with Crippen molar-refractivity contribution in [1.82, 2.24) is 0 Å². The molecule has 0 bridgehead atoms. The lowest BCUT2D eigenvalue weighted by molar-refractivity contribution is -0.156. The number of nitrogens with zero attached hydrogens (tertiary/aromatic N) is 1. The number of rotatable bonds is 5. The van der Waals surface area contributed by atoms with E-state index in [0.717, 1.165) is 0 Å². The molecule has 6 nitrogen and oxygen atoms in total. The van der Waals surface area contributed by atoms with Crippen LogP contribution in [0.25, 0.3) is 0 Å². The van der Waals surface area contributed by atoms with Gasteiger partial charge in [-0.25, -0.2) is 0 Å². The number of aliphatic imine (C=N–C) groups is 1. The molecule has 7 heteroatoms. The van der Waals surface area contributed by atoms with Crippen LogP contribution in [0.3, 0.4) is 0 Å². The van der Waals surface area contributed by atoms with Crippen LogP contribution in [0.15, 0.2) is 4.99 Å². The monoisotopic (exact) mass is 266 g/mol. The van der Waals surface area contributed by atoms with Crippen molar-refractivity contribution >= 4 is 24.3 Å². The number of esters is 1. The van der Waals surface area contributed by atoms with Crippen molar-refractivity contribution in [3.05, 3.63) is 0 Å². The molecule has 6 N–H and O–H groups in total. The Morgan fingerprint density at radius 3 is 2.29 bits per heavy atom. The fourth-order valence-corrected chi connectivity index (χ4v) is 1.01. The summed E-state index contributed by atoms with van der Waals surface area (Å²) in [5, 5.41) is 0. The second-order valence-electron chi connectivity index (χ2n) is 4.59. The number of guanidine groups is 1. The fourth-order valence-electron chi connectivity index (χ4n) is 1.01. The highest BCUT2D eigenvalue weighted by atomic mass is 35.5.